The van der Waals surface area contributed by atoms with Crippen molar-refractivity contribution in [1.29, 1.82) is 0 Å². The number of hydrogen-bond donors (Lipinski definition) is 1. The van der Waals surface area contributed by atoms with Crippen LogP contribution >= 0.6 is 0 Å². The molecule has 2 atom stereocenters. The van der Waals surface area contributed by atoms with Gasteiger partial charge in [0, 0.05) is 24.7 Å². The molecular formula is C16H26N2. The predicted molar refractivity (Wildman–Crippen MR) is 77.4 cm³/mol. The molecule has 0 aliphatic heterocycles. The van der Waals surface area contributed by atoms with E-state index in [0.717, 1.165) is 12.6 Å². The molecule has 2 heteroatoms. The lowest BCUT2D eigenvalue weighted by Crippen LogP contribution is -2.42. The highest BCUT2D eigenvalue weighted by Crippen LogP contribution is 2.36. The zero-order valence-corrected chi connectivity index (χ0v) is 11.8. The van der Waals surface area contributed by atoms with E-state index in [0.29, 0.717) is 12.0 Å². The molecular weight excluding hydrogens is 220 g/mol. The molecule has 100 valence electrons. The first kappa shape index (κ1) is 13.6. The number of nitrogens with zero attached hydrogens (tertiary/aromatic N) is 1. The van der Waals surface area contributed by atoms with Gasteiger partial charge in [-0.3, -0.25) is 4.90 Å². The van der Waals surface area contributed by atoms with Crippen molar-refractivity contribution in [3.8, 4) is 0 Å². The van der Waals surface area contributed by atoms with E-state index < -0.39 is 0 Å². The summed E-state index contributed by atoms with van der Waals surface area (Å²) in [6.45, 7) is 7.86. The SMILES string of the molecule is CC(C)CN(C1CC1)C(c1ccccc1)C(C)N. The zero-order valence-electron chi connectivity index (χ0n) is 11.8. The molecule has 0 radical (unpaired) electrons. The van der Waals surface area contributed by atoms with Gasteiger partial charge in [-0.15, -0.1) is 0 Å². The average Bonchev–Trinajstić information content (AvgIpc) is 3.12. The molecule has 1 aromatic rings. The van der Waals surface area contributed by atoms with Crippen LogP contribution in [0.3, 0.4) is 0 Å². The molecule has 0 aromatic heterocycles. The summed E-state index contributed by atoms with van der Waals surface area (Å²) < 4.78 is 0. The molecule has 1 fully saturated rings. The Hall–Kier alpha value is -0.860. The minimum Gasteiger partial charge on any atom is -0.326 e. The van der Waals surface area contributed by atoms with Crippen molar-refractivity contribution >= 4 is 0 Å². The third kappa shape index (κ3) is 3.33. The molecule has 0 heterocycles. The molecule has 0 bridgehead atoms. The minimum atomic E-state index is 0.173. The summed E-state index contributed by atoms with van der Waals surface area (Å²) in [6.07, 6.45) is 2.67. The van der Waals surface area contributed by atoms with Gasteiger partial charge in [0.05, 0.1) is 0 Å². The first-order chi connectivity index (χ1) is 8.59. The van der Waals surface area contributed by atoms with Gasteiger partial charge >= 0.3 is 0 Å². The first-order valence-corrected chi connectivity index (χ1v) is 7.16. The summed E-state index contributed by atoms with van der Waals surface area (Å²) in [4.78, 5) is 2.63. The van der Waals surface area contributed by atoms with Gasteiger partial charge in [-0.25, -0.2) is 0 Å². The van der Waals surface area contributed by atoms with E-state index in [4.69, 9.17) is 5.73 Å². The maximum Gasteiger partial charge on any atom is 0.0499 e. The fraction of sp³-hybridized carbons (Fsp3) is 0.625. The van der Waals surface area contributed by atoms with E-state index in [1.807, 2.05) is 0 Å². The van der Waals surface area contributed by atoms with Crippen LogP contribution in [0.25, 0.3) is 0 Å². The van der Waals surface area contributed by atoms with E-state index >= 15 is 0 Å². The Morgan fingerprint density at radius 3 is 2.22 bits per heavy atom. The van der Waals surface area contributed by atoms with Crippen LogP contribution in [0.15, 0.2) is 30.3 Å². The van der Waals surface area contributed by atoms with Gasteiger partial charge in [-0.1, -0.05) is 44.2 Å². The summed E-state index contributed by atoms with van der Waals surface area (Å²) in [7, 11) is 0. The van der Waals surface area contributed by atoms with Crippen molar-refractivity contribution in [1.82, 2.24) is 4.90 Å². The quantitative estimate of drug-likeness (QED) is 0.835. The van der Waals surface area contributed by atoms with Crippen LogP contribution in [0.2, 0.25) is 0 Å². The second-order valence-electron chi connectivity index (χ2n) is 6.04. The topological polar surface area (TPSA) is 29.3 Å². The Labute approximate surface area is 111 Å². The number of nitrogens with two attached hydrogens (primary N) is 1. The fourth-order valence-electron chi connectivity index (χ4n) is 2.76. The zero-order chi connectivity index (χ0) is 13.1. The molecule has 0 amide bonds. The van der Waals surface area contributed by atoms with Gasteiger partial charge in [-0.05, 0) is 31.2 Å². The van der Waals surface area contributed by atoms with Crippen molar-refractivity contribution in [3.05, 3.63) is 35.9 Å². The summed E-state index contributed by atoms with van der Waals surface area (Å²) >= 11 is 0. The van der Waals surface area contributed by atoms with Crippen molar-refractivity contribution in [2.24, 2.45) is 11.7 Å². The van der Waals surface area contributed by atoms with Crippen LogP contribution in [-0.4, -0.2) is 23.5 Å². The summed E-state index contributed by atoms with van der Waals surface area (Å²) in [6, 6.07) is 12.0. The Morgan fingerprint density at radius 2 is 1.78 bits per heavy atom. The number of benzene rings is 1. The van der Waals surface area contributed by atoms with Crippen LogP contribution < -0.4 is 5.73 Å². The Balaban J connectivity index is 2.22. The van der Waals surface area contributed by atoms with Crippen molar-refractivity contribution in [2.75, 3.05) is 6.54 Å². The van der Waals surface area contributed by atoms with Gasteiger partial charge in [-0.2, -0.15) is 0 Å². The molecule has 0 spiro atoms. The maximum atomic E-state index is 6.27. The molecule has 18 heavy (non-hydrogen) atoms. The van der Waals surface area contributed by atoms with E-state index in [9.17, 15) is 0 Å². The Morgan fingerprint density at radius 1 is 1.17 bits per heavy atom. The lowest BCUT2D eigenvalue weighted by molar-refractivity contribution is 0.147. The van der Waals surface area contributed by atoms with Gasteiger partial charge in [0.1, 0.15) is 0 Å². The van der Waals surface area contributed by atoms with Crippen LogP contribution in [0, 0.1) is 5.92 Å². The van der Waals surface area contributed by atoms with Gasteiger partial charge in [0.15, 0.2) is 0 Å². The van der Waals surface area contributed by atoms with Crippen molar-refractivity contribution in [2.45, 2.75) is 51.7 Å². The van der Waals surface area contributed by atoms with E-state index in [1.54, 1.807) is 0 Å². The Bertz CT molecular complexity index is 355. The van der Waals surface area contributed by atoms with Gasteiger partial charge in [0.2, 0.25) is 0 Å². The monoisotopic (exact) mass is 246 g/mol. The lowest BCUT2D eigenvalue weighted by Gasteiger charge is -2.36. The van der Waals surface area contributed by atoms with Crippen molar-refractivity contribution in [3.63, 3.8) is 0 Å². The highest BCUT2D eigenvalue weighted by atomic mass is 15.2. The maximum absolute atomic E-state index is 6.27. The summed E-state index contributed by atoms with van der Waals surface area (Å²) in [5.74, 6) is 0.690. The highest BCUT2D eigenvalue weighted by molar-refractivity contribution is 5.21. The smallest absolute Gasteiger partial charge is 0.0499 e. The number of hydrogen-bond acceptors (Lipinski definition) is 2. The molecule has 0 saturated heterocycles. The van der Waals surface area contributed by atoms with Crippen LogP contribution in [0.5, 0.6) is 0 Å². The van der Waals surface area contributed by atoms with Crippen LogP contribution in [0.1, 0.15) is 45.2 Å². The normalized spacial score (nSPS) is 19.2. The lowest BCUT2D eigenvalue weighted by atomic mass is 9.98. The third-order valence-corrected chi connectivity index (χ3v) is 3.59. The summed E-state index contributed by atoms with van der Waals surface area (Å²) in [5, 5.41) is 0. The molecule has 1 aliphatic carbocycles. The second kappa shape index (κ2) is 5.85. The standard InChI is InChI=1S/C16H26N2/c1-12(2)11-18(15-9-10-15)16(13(3)17)14-7-5-4-6-8-14/h4-8,12-13,15-16H,9-11,17H2,1-3H3. The second-order valence-corrected chi connectivity index (χ2v) is 6.04. The molecule has 2 N–H and O–H groups in total. The van der Waals surface area contributed by atoms with E-state index in [-0.39, 0.29) is 6.04 Å². The summed E-state index contributed by atoms with van der Waals surface area (Å²) in [5.41, 5.74) is 7.63. The predicted octanol–water partition coefficient (Wildman–Crippen LogP) is 3.20. The van der Waals surface area contributed by atoms with Gasteiger partial charge < -0.3 is 5.73 Å². The van der Waals surface area contributed by atoms with Crippen LogP contribution in [0.4, 0.5) is 0 Å². The van der Waals surface area contributed by atoms with Gasteiger partial charge in [0.25, 0.3) is 0 Å². The van der Waals surface area contributed by atoms with E-state index in [2.05, 4.69) is 56.0 Å². The molecule has 2 rings (SSSR count). The van der Waals surface area contributed by atoms with Crippen LogP contribution in [-0.2, 0) is 0 Å². The molecule has 1 aromatic carbocycles. The molecule has 2 nitrogen and oxygen atoms in total. The number of rotatable bonds is 6. The van der Waals surface area contributed by atoms with E-state index in [1.165, 1.54) is 18.4 Å². The molecule has 1 saturated carbocycles. The molecule has 1 aliphatic rings. The fourth-order valence-corrected chi connectivity index (χ4v) is 2.76. The largest absolute Gasteiger partial charge is 0.326 e. The third-order valence-electron chi connectivity index (χ3n) is 3.59. The first-order valence-electron chi connectivity index (χ1n) is 7.16. The average molecular weight is 246 g/mol. The Kier molecular flexibility index (Phi) is 4.41. The van der Waals surface area contributed by atoms with Crippen molar-refractivity contribution < 1.29 is 0 Å². The highest BCUT2D eigenvalue weighted by Gasteiger charge is 2.36. The molecule has 2 unspecified atom stereocenters. The minimum absolute atomic E-state index is 0.173.